The van der Waals surface area contributed by atoms with Gasteiger partial charge in [-0.2, -0.15) is 13.2 Å². The summed E-state index contributed by atoms with van der Waals surface area (Å²) in [6.07, 6.45) is -4.25. The van der Waals surface area contributed by atoms with Crippen LogP contribution in [0, 0.1) is 11.2 Å². The molecule has 1 aromatic carbocycles. The quantitative estimate of drug-likeness (QED) is 0.360. The Morgan fingerprint density at radius 3 is 2.42 bits per heavy atom. The van der Waals surface area contributed by atoms with Gasteiger partial charge in [-0.05, 0) is 24.6 Å². The minimum atomic E-state index is -5.36. The maximum absolute atomic E-state index is 14.1. The summed E-state index contributed by atoms with van der Waals surface area (Å²) in [7, 11) is 0. The Labute approximate surface area is 135 Å². The molecule has 0 fully saturated rings. The Balaban J connectivity index is 3.08. The predicted octanol–water partition coefficient (Wildman–Crippen LogP) is 2.22. The van der Waals surface area contributed by atoms with E-state index in [9.17, 15) is 17.6 Å². The van der Waals surface area contributed by atoms with Crippen LogP contribution in [0.1, 0.15) is 24.5 Å². The smallest absolute Gasteiger partial charge is 0.404 e. The lowest BCUT2D eigenvalue weighted by molar-refractivity contribution is -0.344. The van der Waals surface area contributed by atoms with Crippen molar-refractivity contribution >= 4 is 17.5 Å². The van der Waals surface area contributed by atoms with Crippen molar-refractivity contribution in [2.24, 2.45) is 10.7 Å². The van der Waals surface area contributed by atoms with E-state index in [0.717, 1.165) is 12.1 Å². The molecule has 0 atom stereocenters. The first-order valence-corrected chi connectivity index (χ1v) is 6.84. The Hall–Kier alpha value is -2.26. The normalized spacial score (nSPS) is 13.5. The molecule has 0 aromatic heterocycles. The van der Waals surface area contributed by atoms with Gasteiger partial charge in [0, 0.05) is 35.8 Å². The summed E-state index contributed by atoms with van der Waals surface area (Å²) in [4.78, 5) is 3.95. The lowest BCUT2D eigenvalue weighted by Crippen LogP contribution is -2.46. The summed E-state index contributed by atoms with van der Waals surface area (Å²) in [5.41, 5.74) is 4.75. The highest BCUT2D eigenvalue weighted by atomic mass is 19.4. The maximum atomic E-state index is 14.1. The highest BCUT2D eigenvalue weighted by Gasteiger charge is 2.53. The van der Waals surface area contributed by atoms with Crippen LogP contribution in [0.5, 0.6) is 0 Å². The predicted molar refractivity (Wildman–Crippen MR) is 82.3 cm³/mol. The highest BCUT2D eigenvalue weighted by Crippen LogP contribution is 2.32. The van der Waals surface area contributed by atoms with Crippen LogP contribution in [0.25, 0.3) is 5.57 Å². The van der Waals surface area contributed by atoms with E-state index in [2.05, 4.69) is 4.99 Å². The van der Waals surface area contributed by atoms with Gasteiger partial charge in [-0.3, -0.25) is 4.99 Å². The summed E-state index contributed by atoms with van der Waals surface area (Å²) in [6.45, 7) is 2.27. The van der Waals surface area contributed by atoms with Crippen LogP contribution in [0.4, 0.5) is 17.6 Å². The van der Waals surface area contributed by atoms with Gasteiger partial charge in [-0.25, -0.2) is 4.39 Å². The molecule has 24 heavy (non-hydrogen) atoms. The molecule has 9 heteroatoms. The molecule has 0 spiro atoms. The molecule has 0 aliphatic heterocycles. The first kappa shape index (κ1) is 19.8. The molecule has 132 valence electrons. The van der Waals surface area contributed by atoms with Gasteiger partial charge in [0.15, 0.2) is 0 Å². The number of rotatable bonds is 6. The van der Waals surface area contributed by atoms with Gasteiger partial charge in [0.2, 0.25) is 0 Å². The van der Waals surface area contributed by atoms with E-state index in [0.29, 0.717) is 17.7 Å². The van der Waals surface area contributed by atoms with Crippen LogP contribution in [-0.2, 0) is 0 Å². The SMILES string of the molecule is CCN=C/C(=C\N)c1ccc(C(=N)CC(O)(O)C(F)(F)F)c(F)c1. The third kappa shape index (κ3) is 4.62. The summed E-state index contributed by atoms with van der Waals surface area (Å²) in [5.74, 6) is -5.09. The van der Waals surface area contributed by atoms with Gasteiger partial charge in [-0.15, -0.1) is 0 Å². The number of aliphatic imine (C=N–C) groups is 1. The van der Waals surface area contributed by atoms with E-state index in [-0.39, 0.29) is 0 Å². The van der Waals surface area contributed by atoms with Crippen LogP contribution in [-0.4, -0.2) is 40.6 Å². The molecular formula is C15H17F4N3O2. The zero-order valence-corrected chi connectivity index (χ0v) is 12.7. The fourth-order valence-electron chi connectivity index (χ4n) is 1.78. The fraction of sp³-hybridized carbons (Fsp3) is 0.333. The standard InChI is InChI=1S/C15H17F4N3O2/c1-2-22-8-10(7-20)9-3-4-11(12(16)5-9)13(21)6-14(23,24)15(17,18)19/h3-5,7-8,21,23-24H,2,6,20H2,1H3/b10-7+,21-13?,22-8?. The van der Waals surface area contributed by atoms with Crippen molar-refractivity contribution in [3.63, 3.8) is 0 Å². The van der Waals surface area contributed by atoms with Crippen molar-refractivity contribution in [2.45, 2.75) is 25.3 Å². The Morgan fingerprint density at radius 1 is 1.33 bits per heavy atom. The second-order valence-electron chi connectivity index (χ2n) is 4.91. The van der Waals surface area contributed by atoms with E-state index in [1.807, 2.05) is 0 Å². The second-order valence-corrected chi connectivity index (χ2v) is 4.91. The van der Waals surface area contributed by atoms with Crippen molar-refractivity contribution in [2.75, 3.05) is 6.54 Å². The molecule has 5 nitrogen and oxygen atoms in total. The number of halogens is 4. The summed E-state index contributed by atoms with van der Waals surface area (Å²) in [5, 5.41) is 25.5. The Morgan fingerprint density at radius 2 is 1.96 bits per heavy atom. The fourth-order valence-corrected chi connectivity index (χ4v) is 1.78. The molecule has 0 amide bonds. The molecule has 0 unspecified atom stereocenters. The van der Waals surface area contributed by atoms with E-state index in [4.69, 9.17) is 21.4 Å². The third-order valence-electron chi connectivity index (χ3n) is 3.10. The second kappa shape index (κ2) is 7.54. The number of aliphatic hydroxyl groups is 2. The molecule has 1 rings (SSSR count). The van der Waals surface area contributed by atoms with E-state index >= 15 is 0 Å². The average Bonchev–Trinajstić information content (AvgIpc) is 2.46. The number of nitrogens with one attached hydrogen (secondary N) is 1. The number of allylic oxidation sites excluding steroid dienone is 1. The zero-order chi connectivity index (χ0) is 18.5. The number of hydrogen-bond donors (Lipinski definition) is 4. The van der Waals surface area contributed by atoms with Crippen LogP contribution in [0.2, 0.25) is 0 Å². The molecule has 0 bridgehead atoms. The molecular weight excluding hydrogens is 330 g/mol. The molecule has 0 aliphatic rings. The number of benzene rings is 1. The van der Waals surface area contributed by atoms with Crippen molar-refractivity contribution in [3.05, 3.63) is 41.3 Å². The summed E-state index contributed by atoms with van der Waals surface area (Å²) < 4.78 is 51.3. The van der Waals surface area contributed by atoms with Crippen LogP contribution < -0.4 is 5.73 Å². The number of nitrogens with zero attached hydrogens (tertiary/aromatic N) is 1. The first-order valence-electron chi connectivity index (χ1n) is 6.84. The summed E-state index contributed by atoms with van der Waals surface area (Å²) >= 11 is 0. The van der Waals surface area contributed by atoms with Gasteiger partial charge in [0.1, 0.15) is 5.82 Å². The number of alkyl halides is 3. The van der Waals surface area contributed by atoms with Crippen molar-refractivity contribution < 1.29 is 27.8 Å². The van der Waals surface area contributed by atoms with E-state index in [1.165, 1.54) is 18.5 Å². The zero-order valence-electron chi connectivity index (χ0n) is 12.7. The van der Waals surface area contributed by atoms with Crippen molar-refractivity contribution in [1.82, 2.24) is 0 Å². The largest absolute Gasteiger partial charge is 0.443 e. The Bertz CT molecular complexity index is 667. The topological polar surface area (TPSA) is 103 Å². The molecule has 0 saturated carbocycles. The van der Waals surface area contributed by atoms with E-state index < -0.39 is 35.5 Å². The Kier molecular flexibility index (Phi) is 6.22. The van der Waals surface area contributed by atoms with Gasteiger partial charge < -0.3 is 21.4 Å². The summed E-state index contributed by atoms with van der Waals surface area (Å²) in [6, 6.07) is 3.40. The molecule has 1 aromatic rings. The van der Waals surface area contributed by atoms with Crippen LogP contribution in [0.3, 0.4) is 0 Å². The maximum Gasteiger partial charge on any atom is 0.443 e. The van der Waals surface area contributed by atoms with Gasteiger partial charge in [0.25, 0.3) is 5.79 Å². The van der Waals surface area contributed by atoms with Crippen LogP contribution in [0.15, 0.2) is 29.4 Å². The lowest BCUT2D eigenvalue weighted by atomic mass is 9.98. The number of hydrogen-bond acceptors (Lipinski definition) is 5. The van der Waals surface area contributed by atoms with Crippen LogP contribution >= 0.6 is 0 Å². The van der Waals surface area contributed by atoms with Gasteiger partial charge in [0.05, 0.1) is 6.42 Å². The van der Waals surface area contributed by atoms with E-state index in [1.54, 1.807) is 6.92 Å². The van der Waals surface area contributed by atoms with Crippen molar-refractivity contribution in [1.29, 1.82) is 5.41 Å². The monoisotopic (exact) mass is 347 g/mol. The molecule has 0 saturated heterocycles. The third-order valence-corrected chi connectivity index (χ3v) is 3.10. The molecule has 0 radical (unpaired) electrons. The first-order chi connectivity index (χ1) is 11.0. The minimum absolute atomic E-state index is 0.318. The van der Waals surface area contributed by atoms with Gasteiger partial charge >= 0.3 is 6.18 Å². The molecule has 0 heterocycles. The highest BCUT2D eigenvalue weighted by molar-refractivity contribution is 6.10. The lowest BCUT2D eigenvalue weighted by Gasteiger charge is -2.24. The molecule has 5 N–H and O–H groups in total. The minimum Gasteiger partial charge on any atom is -0.404 e. The average molecular weight is 347 g/mol. The molecule has 0 aliphatic carbocycles. The van der Waals surface area contributed by atoms with Crippen molar-refractivity contribution in [3.8, 4) is 0 Å². The van der Waals surface area contributed by atoms with Gasteiger partial charge in [-0.1, -0.05) is 6.07 Å². The number of nitrogens with two attached hydrogens (primary N) is 1.